The van der Waals surface area contributed by atoms with Gasteiger partial charge in [0, 0.05) is 6.54 Å². The molecule has 1 aliphatic rings. The molecule has 2 unspecified atom stereocenters. The van der Waals surface area contributed by atoms with Crippen LogP contribution in [0.3, 0.4) is 0 Å². The molecule has 0 bridgehead atoms. The molecular formula is C11H19NO. The molecule has 2 nitrogen and oxygen atoms in total. The standard InChI is InChI=1S/C11H19NO/c1-3-7-12-9-11(13)6-4-5-10(2)8-11/h1,10,12-13H,4-9H2,2H3. The van der Waals surface area contributed by atoms with Crippen LogP contribution in [0.5, 0.6) is 0 Å². The highest BCUT2D eigenvalue weighted by Gasteiger charge is 2.31. The van der Waals surface area contributed by atoms with E-state index in [9.17, 15) is 5.11 Å². The Morgan fingerprint density at radius 1 is 1.69 bits per heavy atom. The average Bonchev–Trinajstić information content (AvgIpc) is 2.04. The summed E-state index contributed by atoms with van der Waals surface area (Å²) in [6.07, 6.45) is 9.32. The molecule has 0 aromatic carbocycles. The normalized spacial score (nSPS) is 34.1. The summed E-state index contributed by atoms with van der Waals surface area (Å²) in [7, 11) is 0. The molecule has 1 fully saturated rings. The summed E-state index contributed by atoms with van der Waals surface area (Å²) in [6, 6.07) is 0. The van der Waals surface area contributed by atoms with E-state index in [-0.39, 0.29) is 0 Å². The minimum atomic E-state index is -0.505. The van der Waals surface area contributed by atoms with Crippen LogP contribution in [-0.2, 0) is 0 Å². The van der Waals surface area contributed by atoms with Crippen molar-refractivity contribution in [3.8, 4) is 12.3 Å². The molecule has 2 heteroatoms. The van der Waals surface area contributed by atoms with E-state index in [1.165, 1.54) is 6.42 Å². The SMILES string of the molecule is C#CCNCC1(O)CCCC(C)C1. The Balaban J connectivity index is 2.32. The Morgan fingerprint density at radius 3 is 3.08 bits per heavy atom. The van der Waals surface area contributed by atoms with Gasteiger partial charge in [-0.3, -0.25) is 0 Å². The van der Waals surface area contributed by atoms with Gasteiger partial charge in [0.05, 0.1) is 12.1 Å². The second-order valence-corrected chi connectivity index (χ2v) is 4.23. The lowest BCUT2D eigenvalue weighted by Gasteiger charge is -2.35. The molecule has 1 rings (SSSR count). The molecule has 2 atom stereocenters. The van der Waals surface area contributed by atoms with E-state index in [0.717, 1.165) is 19.3 Å². The first kappa shape index (κ1) is 10.6. The molecule has 0 spiro atoms. The topological polar surface area (TPSA) is 32.3 Å². The van der Waals surface area contributed by atoms with Crippen molar-refractivity contribution in [2.45, 2.75) is 38.2 Å². The largest absolute Gasteiger partial charge is 0.389 e. The zero-order chi connectivity index (χ0) is 9.73. The van der Waals surface area contributed by atoms with Crippen molar-refractivity contribution in [3.63, 3.8) is 0 Å². The molecule has 2 N–H and O–H groups in total. The van der Waals surface area contributed by atoms with E-state index in [1.807, 2.05) is 0 Å². The molecular weight excluding hydrogens is 162 g/mol. The first-order valence-electron chi connectivity index (χ1n) is 5.03. The molecule has 0 aliphatic heterocycles. The number of rotatable bonds is 3. The van der Waals surface area contributed by atoms with Crippen molar-refractivity contribution in [3.05, 3.63) is 0 Å². The van der Waals surface area contributed by atoms with Crippen molar-refractivity contribution in [1.82, 2.24) is 5.32 Å². The molecule has 0 heterocycles. The van der Waals surface area contributed by atoms with Crippen LogP contribution in [0.4, 0.5) is 0 Å². The van der Waals surface area contributed by atoms with Crippen LogP contribution in [0, 0.1) is 18.3 Å². The lowest BCUT2D eigenvalue weighted by Crippen LogP contribution is -2.44. The number of nitrogens with one attached hydrogen (secondary N) is 1. The maximum absolute atomic E-state index is 10.1. The highest BCUT2D eigenvalue weighted by Crippen LogP contribution is 2.31. The van der Waals surface area contributed by atoms with E-state index in [0.29, 0.717) is 19.0 Å². The maximum atomic E-state index is 10.1. The maximum Gasteiger partial charge on any atom is 0.0774 e. The van der Waals surface area contributed by atoms with Crippen molar-refractivity contribution < 1.29 is 5.11 Å². The first-order valence-corrected chi connectivity index (χ1v) is 5.03. The summed E-state index contributed by atoms with van der Waals surface area (Å²) in [5.74, 6) is 3.16. The number of aliphatic hydroxyl groups is 1. The van der Waals surface area contributed by atoms with Gasteiger partial charge in [-0.1, -0.05) is 25.7 Å². The van der Waals surface area contributed by atoms with Gasteiger partial charge in [-0.25, -0.2) is 0 Å². The van der Waals surface area contributed by atoms with Gasteiger partial charge in [0.25, 0.3) is 0 Å². The summed E-state index contributed by atoms with van der Waals surface area (Å²) in [5, 5.41) is 13.2. The molecule has 0 aromatic rings. The van der Waals surface area contributed by atoms with E-state index in [2.05, 4.69) is 18.2 Å². The van der Waals surface area contributed by atoms with Crippen LogP contribution in [0.15, 0.2) is 0 Å². The number of terminal acetylenes is 1. The van der Waals surface area contributed by atoms with Gasteiger partial charge in [-0.2, -0.15) is 0 Å². The van der Waals surface area contributed by atoms with Gasteiger partial charge in [0.15, 0.2) is 0 Å². The van der Waals surface area contributed by atoms with Gasteiger partial charge in [0.2, 0.25) is 0 Å². The fourth-order valence-corrected chi connectivity index (χ4v) is 2.16. The van der Waals surface area contributed by atoms with Crippen LogP contribution in [0.1, 0.15) is 32.6 Å². The lowest BCUT2D eigenvalue weighted by atomic mass is 9.79. The lowest BCUT2D eigenvalue weighted by molar-refractivity contribution is -0.0108. The van der Waals surface area contributed by atoms with Crippen LogP contribution in [0.2, 0.25) is 0 Å². The van der Waals surface area contributed by atoms with Gasteiger partial charge in [-0.15, -0.1) is 6.42 Å². The Labute approximate surface area is 80.7 Å². The molecule has 1 aliphatic carbocycles. The second kappa shape index (κ2) is 4.64. The fourth-order valence-electron chi connectivity index (χ4n) is 2.16. The van der Waals surface area contributed by atoms with E-state index in [1.54, 1.807) is 0 Å². The van der Waals surface area contributed by atoms with Crippen LogP contribution in [-0.4, -0.2) is 23.8 Å². The summed E-state index contributed by atoms with van der Waals surface area (Å²) in [4.78, 5) is 0. The third-order valence-electron chi connectivity index (χ3n) is 2.75. The predicted molar refractivity (Wildman–Crippen MR) is 54.3 cm³/mol. The third-order valence-corrected chi connectivity index (χ3v) is 2.75. The molecule has 0 amide bonds. The van der Waals surface area contributed by atoms with Gasteiger partial charge >= 0.3 is 0 Å². The van der Waals surface area contributed by atoms with Crippen LogP contribution >= 0.6 is 0 Å². The smallest absolute Gasteiger partial charge is 0.0774 e. The minimum Gasteiger partial charge on any atom is -0.389 e. The van der Waals surface area contributed by atoms with Gasteiger partial charge in [-0.05, 0) is 18.8 Å². The first-order chi connectivity index (χ1) is 6.16. The van der Waals surface area contributed by atoms with Gasteiger partial charge in [0.1, 0.15) is 0 Å². The fraction of sp³-hybridized carbons (Fsp3) is 0.818. The van der Waals surface area contributed by atoms with Gasteiger partial charge < -0.3 is 10.4 Å². The highest BCUT2D eigenvalue weighted by molar-refractivity contribution is 4.91. The second-order valence-electron chi connectivity index (χ2n) is 4.23. The Bertz CT molecular complexity index is 197. The van der Waals surface area contributed by atoms with E-state index >= 15 is 0 Å². The van der Waals surface area contributed by atoms with E-state index in [4.69, 9.17) is 6.42 Å². The molecule has 0 aromatic heterocycles. The molecule has 13 heavy (non-hydrogen) atoms. The molecule has 0 saturated heterocycles. The predicted octanol–water partition coefficient (Wildman–Crippen LogP) is 1.15. The average molecular weight is 181 g/mol. The number of hydrogen-bond donors (Lipinski definition) is 2. The molecule has 1 saturated carbocycles. The van der Waals surface area contributed by atoms with Crippen molar-refractivity contribution in [1.29, 1.82) is 0 Å². The Morgan fingerprint density at radius 2 is 2.46 bits per heavy atom. The zero-order valence-electron chi connectivity index (χ0n) is 8.34. The minimum absolute atomic E-state index is 0.505. The summed E-state index contributed by atoms with van der Waals surface area (Å²) >= 11 is 0. The quantitative estimate of drug-likeness (QED) is 0.505. The Kier molecular flexibility index (Phi) is 3.77. The van der Waals surface area contributed by atoms with Crippen LogP contribution < -0.4 is 5.32 Å². The highest BCUT2D eigenvalue weighted by atomic mass is 16.3. The Hall–Kier alpha value is -0.520. The molecule has 0 radical (unpaired) electrons. The van der Waals surface area contributed by atoms with Crippen LogP contribution in [0.25, 0.3) is 0 Å². The summed E-state index contributed by atoms with van der Waals surface area (Å²) in [6.45, 7) is 3.39. The monoisotopic (exact) mass is 181 g/mol. The third kappa shape index (κ3) is 3.38. The number of hydrogen-bond acceptors (Lipinski definition) is 2. The zero-order valence-corrected chi connectivity index (χ0v) is 8.34. The summed E-state index contributed by atoms with van der Waals surface area (Å²) in [5.41, 5.74) is -0.505. The van der Waals surface area contributed by atoms with E-state index < -0.39 is 5.60 Å². The van der Waals surface area contributed by atoms with Crippen molar-refractivity contribution in [2.75, 3.05) is 13.1 Å². The molecule has 74 valence electrons. The summed E-state index contributed by atoms with van der Waals surface area (Å²) < 4.78 is 0. The van der Waals surface area contributed by atoms with Crippen molar-refractivity contribution in [2.24, 2.45) is 5.92 Å². The van der Waals surface area contributed by atoms with Crippen molar-refractivity contribution >= 4 is 0 Å².